The number of benzene rings is 8. The maximum absolute atomic E-state index is 5.41. The molecule has 6 nitrogen and oxygen atoms in total. The number of hydrogen-bond donors (Lipinski definition) is 0. The van der Waals surface area contributed by atoms with E-state index in [0.717, 1.165) is 95.1 Å². The molecule has 0 saturated carbocycles. The van der Waals surface area contributed by atoms with Gasteiger partial charge in [-0.15, -0.1) is 0 Å². The molecule has 0 amide bonds. The first-order chi connectivity index (χ1) is 33.1. The maximum atomic E-state index is 5.41. The standard InChI is InChI=1S/C61H42N6/c1-41-20-18-35-55(62-41)50-38-48(46-29-19-30-47(36-46)60-66-58(44-25-10-4-11-26-44)65-59(67-60)45-27-12-5-13-28-45)37-49(39-50)52-32-15-17-34-54(52)61-63-56(43-23-8-3-9-24-43)40-57(64-61)53-33-16-14-31-51(53)42-21-6-2-7-22-42/h2-40H,1H3. The van der Waals surface area contributed by atoms with Gasteiger partial charge in [-0.1, -0.05) is 194 Å². The highest BCUT2D eigenvalue weighted by molar-refractivity contribution is 5.89. The van der Waals surface area contributed by atoms with Gasteiger partial charge in [0.25, 0.3) is 0 Å². The van der Waals surface area contributed by atoms with Gasteiger partial charge < -0.3 is 0 Å². The Morgan fingerprint density at radius 2 is 0.642 bits per heavy atom. The number of hydrogen-bond acceptors (Lipinski definition) is 6. The highest BCUT2D eigenvalue weighted by Gasteiger charge is 2.19. The molecule has 0 spiro atoms. The Bertz CT molecular complexity index is 3460. The minimum atomic E-state index is 0.594. The number of aryl methyl sites for hydroxylation is 1. The minimum absolute atomic E-state index is 0.594. The second-order valence-electron chi connectivity index (χ2n) is 16.4. The molecule has 11 rings (SSSR count). The summed E-state index contributed by atoms with van der Waals surface area (Å²) in [6.45, 7) is 2.03. The molecular formula is C61H42N6. The van der Waals surface area contributed by atoms with Gasteiger partial charge in [0, 0.05) is 44.6 Å². The largest absolute Gasteiger partial charge is 0.253 e. The topological polar surface area (TPSA) is 77.3 Å². The van der Waals surface area contributed by atoms with Crippen LogP contribution in [0.2, 0.25) is 0 Å². The molecule has 11 aromatic rings. The third kappa shape index (κ3) is 8.67. The van der Waals surface area contributed by atoms with Gasteiger partial charge in [0.1, 0.15) is 0 Å². The Balaban J connectivity index is 1.08. The monoisotopic (exact) mass is 858 g/mol. The Morgan fingerprint density at radius 1 is 0.209 bits per heavy atom. The molecule has 0 N–H and O–H groups in total. The summed E-state index contributed by atoms with van der Waals surface area (Å²) in [5.41, 5.74) is 16.5. The van der Waals surface area contributed by atoms with Gasteiger partial charge in [0.05, 0.1) is 17.1 Å². The first-order valence-electron chi connectivity index (χ1n) is 22.4. The van der Waals surface area contributed by atoms with E-state index in [0.29, 0.717) is 23.3 Å². The van der Waals surface area contributed by atoms with Crippen molar-refractivity contribution >= 4 is 0 Å². The molecule has 67 heavy (non-hydrogen) atoms. The number of pyridine rings is 1. The summed E-state index contributed by atoms with van der Waals surface area (Å²) < 4.78 is 0. The highest BCUT2D eigenvalue weighted by atomic mass is 15.0. The molecule has 0 aliphatic carbocycles. The average Bonchev–Trinajstić information content (AvgIpc) is 3.41. The quantitative estimate of drug-likeness (QED) is 0.136. The van der Waals surface area contributed by atoms with E-state index >= 15 is 0 Å². The fraction of sp³-hybridized carbons (Fsp3) is 0.0164. The van der Waals surface area contributed by atoms with Crippen LogP contribution in [0.1, 0.15) is 5.69 Å². The van der Waals surface area contributed by atoms with Crippen molar-refractivity contribution in [1.82, 2.24) is 29.9 Å². The van der Waals surface area contributed by atoms with Crippen LogP contribution in [0.5, 0.6) is 0 Å². The van der Waals surface area contributed by atoms with Crippen molar-refractivity contribution in [3.05, 3.63) is 242 Å². The van der Waals surface area contributed by atoms with Crippen molar-refractivity contribution in [3.63, 3.8) is 0 Å². The second-order valence-corrected chi connectivity index (χ2v) is 16.4. The lowest BCUT2D eigenvalue weighted by Crippen LogP contribution is -2.00. The Labute approximate surface area is 390 Å². The zero-order chi connectivity index (χ0) is 44.9. The molecule has 0 radical (unpaired) electrons. The van der Waals surface area contributed by atoms with Gasteiger partial charge in [-0.05, 0) is 82.8 Å². The molecule has 0 saturated heterocycles. The lowest BCUT2D eigenvalue weighted by molar-refractivity contribution is 1.07. The summed E-state index contributed by atoms with van der Waals surface area (Å²) in [5.74, 6) is 2.46. The summed E-state index contributed by atoms with van der Waals surface area (Å²) in [5, 5.41) is 0. The van der Waals surface area contributed by atoms with Crippen LogP contribution in [0, 0.1) is 6.92 Å². The molecule has 0 aliphatic heterocycles. The fourth-order valence-electron chi connectivity index (χ4n) is 8.55. The predicted octanol–water partition coefficient (Wildman–Crippen LogP) is 15.0. The van der Waals surface area contributed by atoms with Crippen LogP contribution in [0.25, 0.3) is 113 Å². The van der Waals surface area contributed by atoms with E-state index in [1.165, 1.54) is 0 Å². The van der Waals surface area contributed by atoms with E-state index in [-0.39, 0.29) is 0 Å². The zero-order valence-corrected chi connectivity index (χ0v) is 36.7. The van der Waals surface area contributed by atoms with Crippen molar-refractivity contribution in [3.8, 4) is 113 Å². The van der Waals surface area contributed by atoms with E-state index in [1.54, 1.807) is 0 Å². The van der Waals surface area contributed by atoms with Gasteiger partial charge in [-0.2, -0.15) is 0 Å². The molecule has 316 valence electrons. The van der Waals surface area contributed by atoms with Gasteiger partial charge in [-0.25, -0.2) is 24.9 Å². The molecule has 6 heteroatoms. The van der Waals surface area contributed by atoms with Gasteiger partial charge in [0.15, 0.2) is 23.3 Å². The summed E-state index contributed by atoms with van der Waals surface area (Å²) in [6.07, 6.45) is 0. The van der Waals surface area contributed by atoms with Crippen LogP contribution >= 0.6 is 0 Å². The van der Waals surface area contributed by atoms with Crippen molar-refractivity contribution in [2.45, 2.75) is 6.92 Å². The van der Waals surface area contributed by atoms with Crippen LogP contribution in [0.3, 0.4) is 0 Å². The second kappa shape index (κ2) is 18.2. The lowest BCUT2D eigenvalue weighted by atomic mass is 9.91. The third-order valence-corrected chi connectivity index (χ3v) is 11.8. The van der Waals surface area contributed by atoms with E-state index < -0.39 is 0 Å². The van der Waals surface area contributed by atoms with Crippen LogP contribution in [0.15, 0.2) is 237 Å². The first-order valence-corrected chi connectivity index (χ1v) is 22.4. The highest BCUT2D eigenvalue weighted by Crippen LogP contribution is 2.40. The van der Waals surface area contributed by atoms with E-state index in [2.05, 4.69) is 158 Å². The van der Waals surface area contributed by atoms with E-state index in [1.807, 2.05) is 85.8 Å². The number of rotatable bonds is 10. The summed E-state index contributed by atoms with van der Waals surface area (Å²) in [7, 11) is 0. The van der Waals surface area contributed by atoms with Crippen molar-refractivity contribution in [2.24, 2.45) is 0 Å². The SMILES string of the molecule is Cc1cccc(-c2cc(-c3cccc(-c4nc(-c5ccccc5)nc(-c5ccccc5)n4)c3)cc(-c3ccccc3-c3nc(-c4ccccc4)cc(-c4ccccc4-c4ccccc4)n3)c2)n1. The molecular weight excluding hydrogens is 817 g/mol. The molecule has 0 fully saturated rings. The van der Waals surface area contributed by atoms with Crippen LogP contribution in [-0.2, 0) is 0 Å². The van der Waals surface area contributed by atoms with Crippen molar-refractivity contribution in [1.29, 1.82) is 0 Å². The summed E-state index contributed by atoms with van der Waals surface area (Å²) in [6, 6.07) is 81.3. The van der Waals surface area contributed by atoms with Crippen LogP contribution in [-0.4, -0.2) is 29.9 Å². The zero-order valence-electron chi connectivity index (χ0n) is 36.7. The number of nitrogens with zero attached hydrogens (tertiary/aromatic N) is 6. The van der Waals surface area contributed by atoms with E-state index in [9.17, 15) is 0 Å². The van der Waals surface area contributed by atoms with Gasteiger partial charge >= 0.3 is 0 Å². The fourth-order valence-corrected chi connectivity index (χ4v) is 8.55. The predicted molar refractivity (Wildman–Crippen MR) is 272 cm³/mol. The van der Waals surface area contributed by atoms with Crippen molar-refractivity contribution < 1.29 is 0 Å². The van der Waals surface area contributed by atoms with Crippen LogP contribution < -0.4 is 0 Å². The minimum Gasteiger partial charge on any atom is -0.253 e. The van der Waals surface area contributed by atoms with Gasteiger partial charge in [0.2, 0.25) is 0 Å². The molecule has 8 aromatic carbocycles. The molecule has 3 aromatic heterocycles. The first kappa shape index (κ1) is 40.8. The van der Waals surface area contributed by atoms with Crippen LogP contribution in [0.4, 0.5) is 0 Å². The molecule has 3 heterocycles. The molecule has 0 unspecified atom stereocenters. The normalized spacial score (nSPS) is 11.1. The van der Waals surface area contributed by atoms with Crippen molar-refractivity contribution in [2.75, 3.05) is 0 Å². The Hall–Kier alpha value is -9.00. The summed E-state index contributed by atoms with van der Waals surface area (Å²) in [4.78, 5) is 30.8. The molecule has 0 atom stereocenters. The Morgan fingerprint density at radius 3 is 1.27 bits per heavy atom. The van der Waals surface area contributed by atoms with E-state index in [4.69, 9.17) is 29.9 Å². The Kier molecular flexibility index (Phi) is 11.1. The molecule has 0 bridgehead atoms. The average molecular weight is 859 g/mol. The maximum Gasteiger partial charge on any atom is 0.164 e. The van der Waals surface area contributed by atoms with Gasteiger partial charge in [-0.3, -0.25) is 4.98 Å². The smallest absolute Gasteiger partial charge is 0.164 e. The third-order valence-electron chi connectivity index (χ3n) is 11.8. The molecule has 0 aliphatic rings. The lowest BCUT2D eigenvalue weighted by Gasteiger charge is -2.16. The summed E-state index contributed by atoms with van der Waals surface area (Å²) >= 11 is 0. The number of aromatic nitrogens is 6.